The Balaban J connectivity index is 2.27. The van der Waals surface area contributed by atoms with Gasteiger partial charge in [0.1, 0.15) is 0 Å². The maximum atomic E-state index is 10.1. The van der Waals surface area contributed by atoms with E-state index < -0.39 is 0 Å². The molecule has 0 radical (unpaired) electrons. The van der Waals surface area contributed by atoms with Crippen LogP contribution in [0.1, 0.15) is 58.3 Å². The van der Waals surface area contributed by atoms with Gasteiger partial charge in [0.25, 0.3) is 0 Å². The van der Waals surface area contributed by atoms with Crippen LogP contribution in [0.4, 0.5) is 0 Å². The third-order valence-electron chi connectivity index (χ3n) is 3.81. The lowest BCUT2D eigenvalue weighted by molar-refractivity contribution is 0.0731. The fourth-order valence-electron chi connectivity index (χ4n) is 2.79. The number of hydrogen-bond donors (Lipinski definition) is 2. The third-order valence-corrected chi connectivity index (χ3v) is 3.81. The zero-order valence-electron chi connectivity index (χ0n) is 10.1. The molecule has 1 saturated carbocycles. The van der Waals surface area contributed by atoms with Crippen LogP contribution in [0.3, 0.4) is 0 Å². The summed E-state index contributed by atoms with van der Waals surface area (Å²) in [4.78, 5) is 0. The Morgan fingerprint density at radius 2 is 1.93 bits per heavy atom. The summed E-state index contributed by atoms with van der Waals surface area (Å²) in [6.45, 7) is 2.80. The third kappa shape index (κ3) is 4.52. The Hall–Kier alpha value is -0.0800. The van der Waals surface area contributed by atoms with E-state index in [1.807, 2.05) is 0 Å². The van der Waals surface area contributed by atoms with Gasteiger partial charge < -0.3 is 10.8 Å². The van der Waals surface area contributed by atoms with Gasteiger partial charge >= 0.3 is 0 Å². The van der Waals surface area contributed by atoms with E-state index in [0.717, 1.165) is 25.2 Å². The van der Waals surface area contributed by atoms with E-state index >= 15 is 0 Å². The van der Waals surface area contributed by atoms with Gasteiger partial charge in [-0.15, -0.1) is 0 Å². The van der Waals surface area contributed by atoms with Crippen molar-refractivity contribution >= 4 is 0 Å². The van der Waals surface area contributed by atoms with E-state index in [-0.39, 0.29) is 6.10 Å². The molecule has 0 aromatic heterocycles. The number of hydrogen-bond acceptors (Lipinski definition) is 2. The minimum atomic E-state index is -0.155. The molecule has 15 heavy (non-hydrogen) atoms. The molecule has 2 unspecified atom stereocenters. The predicted octanol–water partition coefficient (Wildman–Crippen LogP) is 2.69. The van der Waals surface area contributed by atoms with Crippen LogP contribution in [0.25, 0.3) is 0 Å². The summed E-state index contributed by atoms with van der Waals surface area (Å²) in [6, 6.07) is 0. The van der Waals surface area contributed by atoms with E-state index in [1.165, 1.54) is 32.1 Å². The Morgan fingerprint density at radius 1 is 1.27 bits per heavy atom. The lowest BCUT2D eigenvalue weighted by Crippen LogP contribution is -2.30. The Bertz CT molecular complexity index is 155. The van der Waals surface area contributed by atoms with Crippen LogP contribution in [-0.2, 0) is 0 Å². The van der Waals surface area contributed by atoms with Crippen molar-refractivity contribution in [2.24, 2.45) is 17.6 Å². The molecule has 1 aliphatic carbocycles. The van der Waals surface area contributed by atoms with Gasteiger partial charge in [-0.1, -0.05) is 45.4 Å². The van der Waals surface area contributed by atoms with Gasteiger partial charge in [0.05, 0.1) is 6.10 Å². The second-order valence-electron chi connectivity index (χ2n) is 5.09. The second kappa shape index (κ2) is 7.24. The highest BCUT2D eigenvalue weighted by molar-refractivity contribution is 4.75. The highest BCUT2D eigenvalue weighted by Crippen LogP contribution is 2.29. The molecule has 3 N–H and O–H groups in total. The lowest BCUT2D eigenvalue weighted by atomic mass is 9.82. The molecule has 0 saturated heterocycles. The van der Waals surface area contributed by atoms with Crippen LogP contribution in [0.15, 0.2) is 0 Å². The SMILES string of the molecule is CCCC(CN)C(O)CC1CCCCC1. The molecule has 0 aromatic carbocycles. The predicted molar refractivity (Wildman–Crippen MR) is 64.7 cm³/mol. The summed E-state index contributed by atoms with van der Waals surface area (Å²) in [5, 5.41) is 10.1. The van der Waals surface area contributed by atoms with Gasteiger partial charge in [0.15, 0.2) is 0 Å². The van der Waals surface area contributed by atoms with Crippen molar-refractivity contribution in [2.45, 2.75) is 64.4 Å². The van der Waals surface area contributed by atoms with Crippen molar-refractivity contribution in [1.29, 1.82) is 0 Å². The molecular formula is C13H27NO. The normalized spacial score (nSPS) is 22.6. The topological polar surface area (TPSA) is 46.2 Å². The molecule has 1 rings (SSSR count). The van der Waals surface area contributed by atoms with Gasteiger partial charge in [0, 0.05) is 0 Å². The van der Waals surface area contributed by atoms with Crippen molar-refractivity contribution in [3.63, 3.8) is 0 Å². The molecule has 0 amide bonds. The van der Waals surface area contributed by atoms with Crippen LogP contribution < -0.4 is 5.73 Å². The molecule has 0 aliphatic heterocycles. The quantitative estimate of drug-likeness (QED) is 0.712. The van der Waals surface area contributed by atoms with Crippen LogP contribution >= 0.6 is 0 Å². The molecule has 2 atom stereocenters. The molecule has 0 aromatic rings. The summed E-state index contributed by atoms with van der Waals surface area (Å²) < 4.78 is 0. The Kier molecular flexibility index (Phi) is 6.26. The summed E-state index contributed by atoms with van der Waals surface area (Å²) in [6.07, 6.45) is 9.79. The number of aliphatic hydroxyl groups is 1. The summed E-state index contributed by atoms with van der Waals surface area (Å²) in [7, 11) is 0. The smallest absolute Gasteiger partial charge is 0.0583 e. The maximum absolute atomic E-state index is 10.1. The maximum Gasteiger partial charge on any atom is 0.0583 e. The fraction of sp³-hybridized carbons (Fsp3) is 1.00. The highest BCUT2D eigenvalue weighted by Gasteiger charge is 2.22. The minimum Gasteiger partial charge on any atom is -0.393 e. The number of nitrogens with two attached hydrogens (primary N) is 1. The van der Waals surface area contributed by atoms with E-state index in [4.69, 9.17) is 5.73 Å². The first-order valence-corrected chi connectivity index (χ1v) is 6.66. The largest absolute Gasteiger partial charge is 0.393 e. The zero-order valence-corrected chi connectivity index (χ0v) is 10.1. The zero-order chi connectivity index (χ0) is 11.1. The van der Waals surface area contributed by atoms with Crippen molar-refractivity contribution < 1.29 is 5.11 Å². The molecule has 1 aliphatic rings. The first-order chi connectivity index (χ1) is 7.27. The molecular weight excluding hydrogens is 186 g/mol. The molecule has 2 heteroatoms. The van der Waals surface area contributed by atoms with E-state index in [9.17, 15) is 5.11 Å². The summed E-state index contributed by atoms with van der Waals surface area (Å²) >= 11 is 0. The van der Waals surface area contributed by atoms with Gasteiger partial charge in [0.2, 0.25) is 0 Å². The molecule has 0 bridgehead atoms. The summed E-state index contributed by atoms with van der Waals surface area (Å²) in [5.74, 6) is 1.09. The molecule has 0 heterocycles. The lowest BCUT2D eigenvalue weighted by Gasteiger charge is -2.28. The van der Waals surface area contributed by atoms with Gasteiger partial charge in [-0.05, 0) is 31.2 Å². The standard InChI is InChI=1S/C13H27NO/c1-2-6-12(10-14)13(15)9-11-7-4-3-5-8-11/h11-13,15H,2-10,14H2,1H3. The molecule has 1 fully saturated rings. The van der Waals surface area contributed by atoms with Crippen molar-refractivity contribution in [2.75, 3.05) is 6.54 Å². The highest BCUT2D eigenvalue weighted by atomic mass is 16.3. The molecule has 90 valence electrons. The average Bonchev–Trinajstić information content (AvgIpc) is 2.27. The summed E-state index contributed by atoms with van der Waals surface area (Å²) in [5.41, 5.74) is 5.70. The number of aliphatic hydroxyl groups excluding tert-OH is 1. The Labute approximate surface area is 94.2 Å². The van der Waals surface area contributed by atoms with Gasteiger partial charge in [-0.25, -0.2) is 0 Å². The Morgan fingerprint density at radius 3 is 2.47 bits per heavy atom. The van der Waals surface area contributed by atoms with Crippen molar-refractivity contribution in [3.05, 3.63) is 0 Å². The van der Waals surface area contributed by atoms with E-state index in [1.54, 1.807) is 0 Å². The number of rotatable bonds is 6. The van der Waals surface area contributed by atoms with Gasteiger partial charge in [-0.2, -0.15) is 0 Å². The van der Waals surface area contributed by atoms with E-state index in [0.29, 0.717) is 12.5 Å². The van der Waals surface area contributed by atoms with Crippen LogP contribution in [0.5, 0.6) is 0 Å². The fourth-order valence-corrected chi connectivity index (χ4v) is 2.79. The van der Waals surface area contributed by atoms with Gasteiger partial charge in [-0.3, -0.25) is 0 Å². The van der Waals surface area contributed by atoms with E-state index in [2.05, 4.69) is 6.92 Å². The van der Waals surface area contributed by atoms with Crippen LogP contribution in [0.2, 0.25) is 0 Å². The first kappa shape index (κ1) is 13.0. The minimum absolute atomic E-state index is 0.155. The van der Waals surface area contributed by atoms with Crippen LogP contribution in [0, 0.1) is 11.8 Å². The van der Waals surface area contributed by atoms with Crippen LogP contribution in [-0.4, -0.2) is 17.8 Å². The second-order valence-corrected chi connectivity index (χ2v) is 5.09. The first-order valence-electron chi connectivity index (χ1n) is 6.66. The monoisotopic (exact) mass is 213 g/mol. The molecule has 2 nitrogen and oxygen atoms in total. The van der Waals surface area contributed by atoms with Crippen molar-refractivity contribution in [3.8, 4) is 0 Å². The average molecular weight is 213 g/mol. The molecule has 0 spiro atoms. The van der Waals surface area contributed by atoms with Crippen molar-refractivity contribution in [1.82, 2.24) is 0 Å².